The van der Waals surface area contributed by atoms with Gasteiger partial charge in [-0.2, -0.15) is 4.98 Å². The highest BCUT2D eigenvalue weighted by Crippen LogP contribution is 2.32. The lowest BCUT2D eigenvalue weighted by atomic mass is 10.0. The molecule has 0 bridgehead atoms. The van der Waals surface area contributed by atoms with E-state index < -0.39 is 0 Å². The minimum Gasteiger partial charge on any atom is -0.340 e. The van der Waals surface area contributed by atoms with E-state index in [1.54, 1.807) is 0 Å². The lowest BCUT2D eigenvalue weighted by Crippen LogP contribution is -2.26. The Kier molecular flexibility index (Phi) is 4.93. The van der Waals surface area contributed by atoms with Crippen LogP contribution >= 0.6 is 0 Å². The average molecular weight is 373 g/mol. The van der Waals surface area contributed by atoms with Crippen molar-refractivity contribution in [3.8, 4) is 0 Å². The lowest BCUT2D eigenvalue weighted by molar-refractivity contribution is -0.114. The molecule has 1 aliphatic rings. The topological polar surface area (TPSA) is 70.2 Å². The van der Waals surface area contributed by atoms with Crippen LogP contribution in [0.4, 0.5) is 28.8 Å². The fourth-order valence-corrected chi connectivity index (χ4v) is 3.47. The smallest absolute Gasteiger partial charge is 0.232 e. The molecule has 6 heteroatoms. The van der Waals surface area contributed by atoms with Crippen LogP contribution in [0, 0.1) is 6.92 Å². The number of aryl methyl sites for hydroxylation is 2. The molecule has 0 aliphatic carbocycles. The molecule has 0 saturated carbocycles. The molecule has 0 fully saturated rings. The lowest BCUT2D eigenvalue weighted by Gasteiger charge is -2.29. The minimum absolute atomic E-state index is 0.0846. The van der Waals surface area contributed by atoms with E-state index in [0.717, 1.165) is 42.3 Å². The van der Waals surface area contributed by atoms with Crippen molar-refractivity contribution in [3.63, 3.8) is 0 Å². The van der Waals surface area contributed by atoms with E-state index in [0.29, 0.717) is 5.95 Å². The second kappa shape index (κ2) is 7.68. The van der Waals surface area contributed by atoms with E-state index in [4.69, 9.17) is 4.98 Å². The van der Waals surface area contributed by atoms with E-state index in [9.17, 15) is 4.79 Å². The summed E-state index contributed by atoms with van der Waals surface area (Å²) in [5.74, 6) is 1.38. The number of carbonyl (C=O) groups is 1. The molecule has 142 valence electrons. The fourth-order valence-electron chi connectivity index (χ4n) is 3.47. The van der Waals surface area contributed by atoms with Crippen LogP contribution in [0.15, 0.2) is 54.6 Å². The zero-order valence-electron chi connectivity index (χ0n) is 16.1. The van der Waals surface area contributed by atoms with E-state index in [-0.39, 0.29) is 5.91 Å². The maximum atomic E-state index is 11.2. The van der Waals surface area contributed by atoms with E-state index in [1.807, 2.05) is 37.3 Å². The van der Waals surface area contributed by atoms with Gasteiger partial charge in [0.15, 0.2) is 0 Å². The van der Waals surface area contributed by atoms with Gasteiger partial charge in [-0.15, -0.1) is 0 Å². The summed E-state index contributed by atoms with van der Waals surface area (Å²) in [6.07, 6.45) is 2.17. The first kappa shape index (κ1) is 18.0. The maximum absolute atomic E-state index is 11.2. The Morgan fingerprint density at radius 3 is 2.57 bits per heavy atom. The van der Waals surface area contributed by atoms with Crippen LogP contribution < -0.4 is 15.5 Å². The fraction of sp³-hybridized carbons (Fsp3) is 0.227. The quantitative estimate of drug-likeness (QED) is 0.701. The van der Waals surface area contributed by atoms with Crippen molar-refractivity contribution in [2.24, 2.45) is 0 Å². The Morgan fingerprint density at radius 1 is 1.04 bits per heavy atom. The van der Waals surface area contributed by atoms with Crippen molar-refractivity contribution in [2.75, 3.05) is 22.1 Å². The van der Waals surface area contributed by atoms with Gasteiger partial charge in [-0.25, -0.2) is 4.98 Å². The Hall–Kier alpha value is -3.41. The normalized spacial score (nSPS) is 13.0. The molecule has 1 amide bonds. The molecular weight excluding hydrogens is 350 g/mol. The van der Waals surface area contributed by atoms with Crippen molar-refractivity contribution in [1.82, 2.24) is 9.97 Å². The molecule has 6 nitrogen and oxygen atoms in total. The van der Waals surface area contributed by atoms with Crippen LogP contribution in [-0.2, 0) is 11.2 Å². The summed E-state index contributed by atoms with van der Waals surface area (Å²) in [6, 6.07) is 17.9. The summed E-state index contributed by atoms with van der Waals surface area (Å²) in [6.45, 7) is 4.38. The number of hydrogen-bond donors (Lipinski definition) is 2. The molecule has 0 unspecified atom stereocenters. The van der Waals surface area contributed by atoms with Crippen molar-refractivity contribution in [3.05, 3.63) is 65.9 Å². The van der Waals surface area contributed by atoms with Gasteiger partial charge in [-0.05, 0) is 55.7 Å². The second-order valence-electron chi connectivity index (χ2n) is 6.96. The Balaban J connectivity index is 1.59. The number of para-hydroxylation sites is 1. The van der Waals surface area contributed by atoms with Crippen molar-refractivity contribution in [2.45, 2.75) is 26.7 Å². The van der Waals surface area contributed by atoms with E-state index in [1.165, 1.54) is 18.2 Å². The van der Waals surface area contributed by atoms with Crippen LogP contribution in [0.2, 0.25) is 0 Å². The highest BCUT2D eigenvalue weighted by atomic mass is 16.1. The minimum atomic E-state index is -0.0846. The molecule has 1 aromatic heterocycles. The van der Waals surface area contributed by atoms with Crippen LogP contribution in [0.1, 0.15) is 24.6 Å². The highest BCUT2D eigenvalue weighted by Gasteiger charge is 2.20. The monoisotopic (exact) mass is 373 g/mol. The number of nitrogens with one attached hydrogen (secondary N) is 2. The van der Waals surface area contributed by atoms with Gasteiger partial charge < -0.3 is 15.5 Å². The van der Waals surface area contributed by atoms with Gasteiger partial charge in [0.25, 0.3) is 0 Å². The summed E-state index contributed by atoms with van der Waals surface area (Å²) in [5.41, 5.74) is 5.09. The number of hydrogen-bond acceptors (Lipinski definition) is 5. The summed E-state index contributed by atoms with van der Waals surface area (Å²) in [5, 5.41) is 6.11. The van der Waals surface area contributed by atoms with E-state index >= 15 is 0 Å². The molecule has 2 N–H and O–H groups in total. The number of carbonyl (C=O) groups excluding carboxylic acids is 1. The molecule has 28 heavy (non-hydrogen) atoms. The van der Waals surface area contributed by atoms with Gasteiger partial charge in [-0.1, -0.05) is 18.2 Å². The Labute approximate surface area is 164 Å². The van der Waals surface area contributed by atoms with E-state index in [2.05, 4.69) is 44.8 Å². The van der Waals surface area contributed by atoms with Gasteiger partial charge in [-0.3, -0.25) is 4.79 Å². The van der Waals surface area contributed by atoms with Crippen LogP contribution in [0.3, 0.4) is 0 Å². The zero-order chi connectivity index (χ0) is 19.5. The number of amides is 1. The van der Waals surface area contributed by atoms with Crippen LogP contribution in [0.25, 0.3) is 0 Å². The number of aromatic nitrogens is 2. The van der Waals surface area contributed by atoms with Gasteiger partial charge >= 0.3 is 0 Å². The number of rotatable bonds is 4. The Bertz CT molecular complexity index is 1000. The average Bonchev–Trinajstić information content (AvgIpc) is 2.68. The molecule has 0 spiro atoms. The highest BCUT2D eigenvalue weighted by molar-refractivity contribution is 5.88. The van der Waals surface area contributed by atoms with Gasteiger partial charge in [0.1, 0.15) is 5.82 Å². The summed E-state index contributed by atoms with van der Waals surface area (Å²) >= 11 is 0. The SMILES string of the molecule is CC(=O)Nc1ccc(Nc2cc(C)nc(N3CCCc4ccccc43)n2)cc1. The molecular formula is C22H23N5O. The first-order chi connectivity index (χ1) is 13.6. The number of nitrogens with zero attached hydrogens (tertiary/aromatic N) is 3. The molecule has 3 aromatic rings. The predicted molar refractivity (Wildman–Crippen MR) is 113 cm³/mol. The van der Waals surface area contributed by atoms with Crippen LogP contribution in [-0.4, -0.2) is 22.4 Å². The molecule has 4 rings (SSSR count). The third-order valence-corrected chi connectivity index (χ3v) is 4.67. The van der Waals surface area contributed by atoms with Crippen LogP contribution in [0.5, 0.6) is 0 Å². The number of benzene rings is 2. The summed E-state index contributed by atoms with van der Waals surface area (Å²) < 4.78 is 0. The van der Waals surface area contributed by atoms with Crippen molar-refractivity contribution >= 4 is 34.7 Å². The third kappa shape index (κ3) is 3.96. The molecule has 0 saturated heterocycles. The number of anilines is 5. The molecule has 0 radical (unpaired) electrons. The van der Waals surface area contributed by atoms with Gasteiger partial charge in [0.05, 0.1) is 0 Å². The first-order valence-electron chi connectivity index (χ1n) is 9.44. The van der Waals surface area contributed by atoms with Gasteiger partial charge in [0, 0.05) is 42.3 Å². The maximum Gasteiger partial charge on any atom is 0.232 e. The number of fused-ring (bicyclic) bond motifs is 1. The third-order valence-electron chi connectivity index (χ3n) is 4.67. The largest absolute Gasteiger partial charge is 0.340 e. The standard InChI is InChI=1S/C22H23N5O/c1-15-14-21(25-19-11-9-18(10-12-19)24-16(2)28)26-22(23-15)27-13-5-7-17-6-3-4-8-20(17)27/h3-4,6,8-12,14H,5,7,13H2,1-2H3,(H,24,28)(H,23,25,26). The molecule has 2 aromatic carbocycles. The molecule has 0 atom stereocenters. The van der Waals surface area contributed by atoms with Crippen molar-refractivity contribution in [1.29, 1.82) is 0 Å². The molecule has 2 heterocycles. The molecule has 1 aliphatic heterocycles. The van der Waals surface area contributed by atoms with Crippen molar-refractivity contribution < 1.29 is 4.79 Å². The summed E-state index contributed by atoms with van der Waals surface area (Å²) in [4.78, 5) is 22.8. The second-order valence-corrected chi connectivity index (χ2v) is 6.96. The zero-order valence-corrected chi connectivity index (χ0v) is 16.1. The predicted octanol–water partition coefficient (Wildman–Crippen LogP) is 4.57. The Morgan fingerprint density at radius 2 is 1.79 bits per heavy atom. The van der Waals surface area contributed by atoms with Gasteiger partial charge in [0.2, 0.25) is 11.9 Å². The summed E-state index contributed by atoms with van der Waals surface area (Å²) in [7, 11) is 0. The first-order valence-corrected chi connectivity index (χ1v) is 9.44.